The Hall–Kier alpha value is -2.35. The third-order valence-electron chi connectivity index (χ3n) is 6.95. The van der Waals surface area contributed by atoms with Gasteiger partial charge in [0.25, 0.3) is 0 Å². The molecule has 1 aromatic rings. The minimum absolute atomic E-state index is 0.298. The van der Waals surface area contributed by atoms with Crippen LogP contribution in [0.4, 0.5) is 5.82 Å². The summed E-state index contributed by atoms with van der Waals surface area (Å²) in [6.07, 6.45) is 6.49. The van der Waals surface area contributed by atoms with Crippen LogP contribution in [0.2, 0.25) is 0 Å². The molecule has 176 valence electrons. The lowest BCUT2D eigenvalue weighted by atomic mass is 10.1. The van der Waals surface area contributed by atoms with Gasteiger partial charge in [-0.2, -0.15) is 0 Å². The van der Waals surface area contributed by atoms with Crippen LogP contribution in [0.5, 0.6) is 0 Å². The van der Waals surface area contributed by atoms with Crippen molar-refractivity contribution in [3.63, 3.8) is 0 Å². The van der Waals surface area contributed by atoms with E-state index in [4.69, 9.17) is 4.99 Å². The van der Waals surface area contributed by atoms with Crippen molar-refractivity contribution in [3.05, 3.63) is 24.4 Å². The van der Waals surface area contributed by atoms with Crippen molar-refractivity contribution in [2.45, 2.75) is 32.6 Å². The zero-order chi connectivity index (χ0) is 22.2. The van der Waals surface area contributed by atoms with Crippen LogP contribution in [0.1, 0.15) is 32.6 Å². The number of carbonyl (C=O) groups excluding carboxylic acids is 1. The average Bonchev–Trinajstić information content (AvgIpc) is 3.39. The Bertz CT molecular complexity index is 734. The van der Waals surface area contributed by atoms with E-state index in [0.717, 1.165) is 96.6 Å². The van der Waals surface area contributed by atoms with Crippen LogP contribution in [0.25, 0.3) is 0 Å². The van der Waals surface area contributed by atoms with Gasteiger partial charge in [-0.1, -0.05) is 18.9 Å². The number of amides is 1. The van der Waals surface area contributed by atoms with Crippen molar-refractivity contribution in [2.75, 3.05) is 76.9 Å². The maximum atomic E-state index is 12.6. The summed E-state index contributed by atoms with van der Waals surface area (Å²) in [6.45, 7) is 12.2. The molecule has 1 amide bonds. The highest BCUT2D eigenvalue weighted by molar-refractivity contribution is 5.80. The Morgan fingerprint density at radius 3 is 2.41 bits per heavy atom. The van der Waals surface area contributed by atoms with E-state index in [9.17, 15) is 4.79 Å². The summed E-state index contributed by atoms with van der Waals surface area (Å²) >= 11 is 0. The minimum Gasteiger partial charge on any atom is -0.357 e. The second kappa shape index (κ2) is 11.5. The molecule has 0 bridgehead atoms. The Morgan fingerprint density at radius 2 is 1.75 bits per heavy atom. The Kier molecular flexibility index (Phi) is 8.20. The van der Waals surface area contributed by atoms with Gasteiger partial charge in [0.2, 0.25) is 5.91 Å². The quantitative estimate of drug-likeness (QED) is 0.533. The molecule has 0 unspecified atom stereocenters. The van der Waals surface area contributed by atoms with Gasteiger partial charge in [-0.3, -0.25) is 14.7 Å². The van der Waals surface area contributed by atoms with Gasteiger partial charge in [0.15, 0.2) is 5.96 Å². The molecule has 1 N–H and O–H groups in total. The molecule has 8 nitrogen and oxygen atoms in total. The standard InChI is InChI=1S/C24H39N7O/c1-2-25-24(31-19-17-29(18-20-31)22-9-5-6-10-26-22)27-11-12-28-13-15-30(16-14-28)23(32)21-7-3-4-8-21/h5-6,9-10,21H,2-4,7-8,11-20H2,1H3,(H,25,27). The highest BCUT2D eigenvalue weighted by Crippen LogP contribution is 2.26. The number of hydrogen-bond acceptors (Lipinski definition) is 5. The second-order valence-electron chi connectivity index (χ2n) is 9.05. The normalized spacial score (nSPS) is 21.3. The van der Waals surface area contributed by atoms with Gasteiger partial charge in [0, 0.05) is 77.6 Å². The van der Waals surface area contributed by atoms with Gasteiger partial charge >= 0.3 is 0 Å². The molecule has 1 aliphatic carbocycles. The van der Waals surface area contributed by atoms with E-state index in [0.29, 0.717) is 11.8 Å². The number of nitrogens with zero attached hydrogens (tertiary/aromatic N) is 6. The number of aromatic nitrogens is 1. The van der Waals surface area contributed by atoms with Crippen molar-refractivity contribution >= 4 is 17.7 Å². The first-order valence-electron chi connectivity index (χ1n) is 12.4. The third-order valence-corrected chi connectivity index (χ3v) is 6.95. The molecule has 3 fully saturated rings. The molecule has 0 aromatic carbocycles. The molecular formula is C24H39N7O. The first kappa shape index (κ1) is 22.8. The number of guanidine groups is 1. The molecule has 32 heavy (non-hydrogen) atoms. The number of aliphatic imine (C=N–C) groups is 1. The molecule has 0 atom stereocenters. The molecule has 1 saturated carbocycles. The van der Waals surface area contributed by atoms with Crippen molar-refractivity contribution in [1.29, 1.82) is 0 Å². The van der Waals surface area contributed by atoms with E-state index in [1.807, 2.05) is 18.3 Å². The van der Waals surface area contributed by atoms with Crippen LogP contribution in [0, 0.1) is 5.92 Å². The number of piperazine rings is 2. The fourth-order valence-corrected chi connectivity index (χ4v) is 5.03. The van der Waals surface area contributed by atoms with E-state index >= 15 is 0 Å². The lowest BCUT2D eigenvalue weighted by Gasteiger charge is -2.37. The first-order valence-corrected chi connectivity index (χ1v) is 12.4. The topological polar surface area (TPSA) is 67.3 Å². The number of rotatable bonds is 6. The first-order chi connectivity index (χ1) is 15.7. The summed E-state index contributed by atoms with van der Waals surface area (Å²) in [4.78, 5) is 31.3. The summed E-state index contributed by atoms with van der Waals surface area (Å²) in [6, 6.07) is 6.09. The summed E-state index contributed by atoms with van der Waals surface area (Å²) in [5.74, 6) is 2.77. The van der Waals surface area contributed by atoms with Gasteiger partial charge in [-0.05, 0) is 31.9 Å². The number of pyridine rings is 1. The highest BCUT2D eigenvalue weighted by atomic mass is 16.2. The van der Waals surface area contributed by atoms with Crippen LogP contribution in [0.15, 0.2) is 29.4 Å². The molecule has 8 heteroatoms. The molecule has 3 aliphatic rings. The predicted molar refractivity (Wildman–Crippen MR) is 129 cm³/mol. The third kappa shape index (κ3) is 5.91. The van der Waals surface area contributed by atoms with Crippen LogP contribution in [-0.4, -0.2) is 104 Å². The van der Waals surface area contributed by atoms with Gasteiger partial charge in [-0.15, -0.1) is 0 Å². The van der Waals surface area contributed by atoms with Crippen LogP contribution in [-0.2, 0) is 4.79 Å². The maximum Gasteiger partial charge on any atom is 0.225 e. The summed E-state index contributed by atoms with van der Waals surface area (Å²) < 4.78 is 0. The molecule has 2 saturated heterocycles. The lowest BCUT2D eigenvalue weighted by molar-refractivity contribution is -0.137. The van der Waals surface area contributed by atoms with Gasteiger partial charge < -0.3 is 20.0 Å². The van der Waals surface area contributed by atoms with Crippen molar-refractivity contribution in [2.24, 2.45) is 10.9 Å². The van der Waals surface area contributed by atoms with Gasteiger partial charge in [0.1, 0.15) is 5.82 Å². The Labute approximate surface area is 192 Å². The number of anilines is 1. The minimum atomic E-state index is 0.298. The largest absolute Gasteiger partial charge is 0.357 e. The van der Waals surface area contributed by atoms with Crippen LogP contribution < -0.4 is 10.2 Å². The molecule has 0 spiro atoms. The Morgan fingerprint density at radius 1 is 1.03 bits per heavy atom. The SMILES string of the molecule is CCNC(=NCCN1CCN(C(=O)C2CCCC2)CC1)N1CCN(c2ccccn2)CC1. The zero-order valence-corrected chi connectivity index (χ0v) is 19.6. The van der Waals surface area contributed by atoms with Crippen molar-refractivity contribution in [1.82, 2.24) is 25.0 Å². The van der Waals surface area contributed by atoms with Gasteiger partial charge in [0.05, 0.1) is 6.54 Å². The molecule has 3 heterocycles. The fourth-order valence-electron chi connectivity index (χ4n) is 5.03. The smallest absolute Gasteiger partial charge is 0.225 e. The Balaban J connectivity index is 1.21. The van der Waals surface area contributed by atoms with Crippen LogP contribution in [0.3, 0.4) is 0 Å². The maximum absolute atomic E-state index is 12.6. The van der Waals surface area contributed by atoms with Crippen molar-refractivity contribution < 1.29 is 4.79 Å². The predicted octanol–water partition coefficient (Wildman–Crippen LogP) is 1.50. The van der Waals surface area contributed by atoms with E-state index in [2.05, 4.69) is 42.9 Å². The van der Waals surface area contributed by atoms with E-state index in [1.54, 1.807) is 0 Å². The molecular weight excluding hydrogens is 402 g/mol. The number of carbonyl (C=O) groups is 1. The van der Waals surface area contributed by atoms with E-state index < -0.39 is 0 Å². The van der Waals surface area contributed by atoms with Gasteiger partial charge in [-0.25, -0.2) is 4.98 Å². The fraction of sp³-hybridized carbons (Fsp3) is 0.708. The number of nitrogens with one attached hydrogen (secondary N) is 1. The second-order valence-corrected chi connectivity index (χ2v) is 9.05. The van der Waals surface area contributed by atoms with Crippen molar-refractivity contribution in [3.8, 4) is 0 Å². The number of hydrogen-bond donors (Lipinski definition) is 1. The summed E-state index contributed by atoms with van der Waals surface area (Å²) in [5.41, 5.74) is 0. The summed E-state index contributed by atoms with van der Waals surface area (Å²) in [5, 5.41) is 3.47. The summed E-state index contributed by atoms with van der Waals surface area (Å²) in [7, 11) is 0. The molecule has 4 rings (SSSR count). The highest BCUT2D eigenvalue weighted by Gasteiger charge is 2.29. The zero-order valence-electron chi connectivity index (χ0n) is 19.6. The average molecular weight is 442 g/mol. The molecule has 0 radical (unpaired) electrons. The molecule has 1 aromatic heterocycles. The van der Waals surface area contributed by atoms with Crippen LogP contribution >= 0.6 is 0 Å². The van der Waals surface area contributed by atoms with E-state index in [-0.39, 0.29) is 0 Å². The molecule has 2 aliphatic heterocycles. The van der Waals surface area contributed by atoms with E-state index in [1.165, 1.54) is 12.8 Å². The lowest BCUT2D eigenvalue weighted by Crippen LogP contribution is -2.53. The monoisotopic (exact) mass is 441 g/mol.